The zero-order chi connectivity index (χ0) is 19.4. The maximum atomic E-state index is 12.1. The highest BCUT2D eigenvalue weighted by Crippen LogP contribution is 2.25. The fourth-order valence-corrected chi connectivity index (χ4v) is 2.72. The Morgan fingerprint density at radius 2 is 2.04 bits per heavy atom. The van der Waals surface area contributed by atoms with E-state index in [-0.39, 0.29) is 17.3 Å². The molecule has 1 amide bonds. The topological polar surface area (TPSA) is 101 Å². The van der Waals surface area contributed by atoms with Crippen molar-refractivity contribution < 1.29 is 9.72 Å². The van der Waals surface area contributed by atoms with Crippen LogP contribution in [0.3, 0.4) is 0 Å². The molecule has 7 heteroatoms. The summed E-state index contributed by atoms with van der Waals surface area (Å²) in [6.45, 7) is 7.35. The van der Waals surface area contributed by atoms with Crippen molar-refractivity contribution in [3.05, 3.63) is 63.0 Å². The second-order valence-corrected chi connectivity index (χ2v) is 6.24. The summed E-state index contributed by atoms with van der Waals surface area (Å²) < 4.78 is 1.86. The smallest absolute Gasteiger partial charge is 0.271 e. The summed E-state index contributed by atoms with van der Waals surface area (Å²) in [5, 5.41) is 23.0. The number of nitrogens with zero attached hydrogens (tertiary/aromatic N) is 3. The van der Waals surface area contributed by atoms with Crippen molar-refractivity contribution in [2.45, 2.75) is 33.7 Å². The van der Waals surface area contributed by atoms with Crippen LogP contribution in [0, 0.1) is 35.3 Å². The first kappa shape index (κ1) is 18.9. The third-order valence-corrected chi connectivity index (χ3v) is 3.85. The van der Waals surface area contributed by atoms with Crippen molar-refractivity contribution in [3.63, 3.8) is 0 Å². The van der Waals surface area contributed by atoms with Crippen molar-refractivity contribution in [2.75, 3.05) is 0 Å². The Morgan fingerprint density at radius 1 is 1.35 bits per heavy atom. The van der Waals surface area contributed by atoms with Gasteiger partial charge in [-0.2, -0.15) is 5.26 Å². The van der Waals surface area contributed by atoms with Crippen LogP contribution < -0.4 is 5.32 Å². The van der Waals surface area contributed by atoms with Gasteiger partial charge in [-0.05, 0) is 51.5 Å². The van der Waals surface area contributed by atoms with Crippen molar-refractivity contribution in [3.8, 4) is 11.8 Å². The molecule has 1 heterocycles. The van der Waals surface area contributed by atoms with Gasteiger partial charge in [0.05, 0.1) is 10.6 Å². The fraction of sp³-hybridized carbons (Fsp3) is 0.263. The highest BCUT2D eigenvalue weighted by Gasteiger charge is 2.15. The molecule has 0 unspecified atom stereocenters. The van der Waals surface area contributed by atoms with Gasteiger partial charge >= 0.3 is 0 Å². The molecule has 0 saturated carbocycles. The van der Waals surface area contributed by atoms with E-state index in [9.17, 15) is 20.2 Å². The number of nitro benzene ring substituents is 1. The second-order valence-electron chi connectivity index (χ2n) is 6.24. The third kappa shape index (κ3) is 3.98. The summed E-state index contributed by atoms with van der Waals surface area (Å²) in [7, 11) is 0. The minimum absolute atomic E-state index is 0.00103. The molecule has 1 aromatic carbocycles. The zero-order valence-electron chi connectivity index (χ0n) is 15.1. The van der Waals surface area contributed by atoms with Gasteiger partial charge in [0.1, 0.15) is 11.6 Å². The first-order chi connectivity index (χ1) is 12.2. The molecule has 0 bridgehead atoms. The van der Waals surface area contributed by atoms with Crippen molar-refractivity contribution in [1.82, 2.24) is 9.88 Å². The van der Waals surface area contributed by atoms with Gasteiger partial charge in [0.15, 0.2) is 0 Å². The van der Waals surface area contributed by atoms with Gasteiger partial charge in [-0.15, -0.1) is 0 Å². The Hall–Kier alpha value is -3.40. The number of nitriles is 1. The number of amides is 1. The van der Waals surface area contributed by atoms with E-state index in [1.807, 2.05) is 44.4 Å². The van der Waals surface area contributed by atoms with E-state index in [0.717, 1.165) is 11.4 Å². The predicted octanol–water partition coefficient (Wildman–Crippen LogP) is 3.43. The molecule has 0 aliphatic rings. The molecule has 134 valence electrons. The molecule has 0 saturated heterocycles. The highest BCUT2D eigenvalue weighted by atomic mass is 16.6. The van der Waals surface area contributed by atoms with Crippen LogP contribution in [0.25, 0.3) is 11.8 Å². The Bertz CT molecular complexity index is 933. The summed E-state index contributed by atoms with van der Waals surface area (Å²) >= 11 is 0. The van der Waals surface area contributed by atoms with Crippen LogP contribution in [0.5, 0.6) is 0 Å². The number of hydrogen-bond acceptors (Lipinski definition) is 4. The number of rotatable bonds is 5. The van der Waals surface area contributed by atoms with Gasteiger partial charge in [-0.1, -0.05) is 6.07 Å². The minimum atomic E-state index is -0.442. The number of hydrogen-bond donors (Lipinski definition) is 1. The first-order valence-electron chi connectivity index (χ1n) is 8.11. The molecule has 26 heavy (non-hydrogen) atoms. The van der Waals surface area contributed by atoms with E-state index in [1.165, 1.54) is 18.2 Å². The molecule has 1 N–H and O–H groups in total. The molecule has 2 aromatic rings. The molecule has 1 aromatic heterocycles. The highest BCUT2D eigenvalue weighted by molar-refractivity contribution is 6.02. The Morgan fingerprint density at radius 3 is 2.62 bits per heavy atom. The fourth-order valence-electron chi connectivity index (χ4n) is 2.72. The summed E-state index contributed by atoms with van der Waals surface area (Å²) in [6.07, 6.45) is 1.54. The van der Waals surface area contributed by atoms with Crippen LogP contribution in [0.15, 0.2) is 35.9 Å². The molecule has 0 aliphatic heterocycles. The molecule has 0 spiro atoms. The van der Waals surface area contributed by atoms with Crippen molar-refractivity contribution in [2.24, 2.45) is 0 Å². The Labute approximate surface area is 151 Å². The molecule has 0 atom stereocenters. The lowest BCUT2D eigenvalue weighted by atomic mass is 10.1. The van der Waals surface area contributed by atoms with Crippen LogP contribution in [0.4, 0.5) is 5.69 Å². The maximum absolute atomic E-state index is 12.1. The summed E-state index contributed by atoms with van der Waals surface area (Å²) in [4.78, 5) is 22.7. The minimum Gasteiger partial charge on any atom is -0.349 e. The number of benzene rings is 1. The normalized spacial score (nSPS) is 11.3. The van der Waals surface area contributed by atoms with E-state index < -0.39 is 10.8 Å². The van der Waals surface area contributed by atoms with Gasteiger partial charge in [0.25, 0.3) is 11.6 Å². The molecule has 7 nitrogen and oxygen atoms in total. The van der Waals surface area contributed by atoms with Crippen molar-refractivity contribution in [1.29, 1.82) is 5.26 Å². The maximum Gasteiger partial charge on any atom is 0.271 e. The molecular weight excluding hydrogens is 332 g/mol. The van der Waals surface area contributed by atoms with Crippen LogP contribution >= 0.6 is 0 Å². The first-order valence-corrected chi connectivity index (χ1v) is 8.11. The van der Waals surface area contributed by atoms with E-state index in [0.29, 0.717) is 11.3 Å². The average Bonchev–Trinajstić information content (AvgIpc) is 2.85. The lowest BCUT2D eigenvalue weighted by molar-refractivity contribution is -0.384. The number of nitro groups is 1. The van der Waals surface area contributed by atoms with Crippen LogP contribution in [-0.2, 0) is 4.79 Å². The lowest BCUT2D eigenvalue weighted by Crippen LogP contribution is -2.30. The molecular formula is C19H20N4O3. The third-order valence-electron chi connectivity index (χ3n) is 3.85. The van der Waals surface area contributed by atoms with E-state index in [1.54, 1.807) is 12.1 Å². The van der Waals surface area contributed by atoms with Gasteiger partial charge in [0, 0.05) is 29.6 Å². The number of aromatic nitrogens is 1. The standard InChI is InChI=1S/C19H20N4O3/c1-12(2)21-19(24)16(11-20)9-15-8-13(3)22(14(15)4)17-6-5-7-18(10-17)23(25)26/h5-10,12H,1-4H3,(H,21,24)/b16-9-. The quantitative estimate of drug-likeness (QED) is 0.385. The zero-order valence-corrected chi connectivity index (χ0v) is 15.1. The Kier molecular flexibility index (Phi) is 5.58. The van der Waals surface area contributed by atoms with Gasteiger partial charge < -0.3 is 9.88 Å². The monoisotopic (exact) mass is 352 g/mol. The second kappa shape index (κ2) is 7.66. The average molecular weight is 352 g/mol. The van der Waals surface area contributed by atoms with E-state index in [2.05, 4.69) is 5.32 Å². The van der Waals surface area contributed by atoms with E-state index >= 15 is 0 Å². The van der Waals surface area contributed by atoms with Crippen LogP contribution in [0.1, 0.15) is 30.8 Å². The van der Waals surface area contributed by atoms with E-state index in [4.69, 9.17) is 0 Å². The number of carbonyl (C=O) groups is 1. The SMILES string of the molecule is Cc1cc(/C=C(/C#N)C(=O)NC(C)C)c(C)n1-c1cccc([N+](=O)[O-])c1. The molecule has 0 aliphatic carbocycles. The summed E-state index contributed by atoms with van der Waals surface area (Å²) in [5.74, 6) is -0.428. The van der Waals surface area contributed by atoms with Gasteiger partial charge in [-0.25, -0.2) is 0 Å². The number of carbonyl (C=O) groups excluding carboxylic acids is 1. The summed E-state index contributed by atoms with van der Waals surface area (Å²) in [5.41, 5.74) is 3.01. The molecule has 0 fully saturated rings. The van der Waals surface area contributed by atoms with Crippen LogP contribution in [-0.4, -0.2) is 21.4 Å². The number of nitrogens with one attached hydrogen (secondary N) is 1. The number of non-ortho nitro benzene ring substituents is 1. The van der Waals surface area contributed by atoms with Crippen LogP contribution in [0.2, 0.25) is 0 Å². The summed E-state index contributed by atoms with van der Waals surface area (Å²) in [6, 6.07) is 10.0. The van der Waals surface area contributed by atoms with Gasteiger partial charge in [-0.3, -0.25) is 14.9 Å². The Balaban J connectivity index is 2.50. The lowest BCUT2D eigenvalue weighted by Gasteiger charge is -2.09. The number of aryl methyl sites for hydroxylation is 1. The molecule has 2 rings (SSSR count). The largest absolute Gasteiger partial charge is 0.349 e. The molecule has 0 radical (unpaired) electrons. The van der Waals surface area contributed by atoms with Gasteiger partial charge in [0.2, 0.25) is 0 Å². The predicted molar refractivity (Wildman–Crippen MR) is 98.8 cm³/mol. The van der Waals surface area contributed by atoms with Crippen molar-refractivity contribution >= 4 is 17.7 Å².